The van der Waals surface area contributed by atoms with Gasteiger partial charge in [-0.1, -0.05) is 71.3 Å². The van der Waals surface area contributed by atoms with Crippen molar-refractivity contribution < 1.29 is 24.3 Å². The number of phenols is 1. The first kappa shape index (κ1) is 34.1. The molecule has 0 radical (unpaired) electrons. The van der Waals surface area contributed by atoms with E-state index < -0.39 is 0 Å². The van der Waals surface area contributed by atoms with E-state index in [9.17, 15) is 14.7 Å². The Morgan fingerprint density at radius 2 is 1.98 bits per heavy atom. The van der Waals surface area contributed by atoms with Crippen molar-refractivity contribution in [2.75, 3.05) is 37.9 Å². The van der Waals surface area contributed by atoms with Crippen LogP contribution in [-0.4, -0.2) is 54.3 Å². The highest BCUT2D eigenvalue weighted by molar-refractivity contribution is 8.77. The van der Waals surface area contributed by atoms with Crippen LogP contribution in [0.15, 0.2) is 73.2 Å². The summed E-state index contributed by atoms with van der Waals surface area (Å²) in [6, 6.07) is 16.5. The maximum Gasteiger partial charge on any atom is 0.163 e. The lowest BCUT2D eigenvalue weighted by atomic mass is 9.78. The molecule has 252 valence electrons. The van der Waals surface area contributed by atoms with Crippen LogP contribution in [-0.2, 0) is 27.2 Å². The number of carbonyl (C=O) groups excluding carboxylic acids is 2. The van der Waals surface area contributed by atoms with E-state index in [0.29, 0.717) is 24.5 Å². The molecule has 4 atom stereocenters. The minimum absolute atomic E-state index is 0.0225. The highest BCUT2D eigenvalue weighted by Gasteiger charge is 2.49. The molecule has 0 saturated carbocycles. The first-order valence-electron chi connectivity index (χ1n) is 16.8. The molecule has 3 aromatic rings. The lowest BCUT2D eigenvalue weighted by molar-refractivity contribution is -0.846. The third kappa shape index (κ3) is 7.93. The van der Waals surface area contributed by atoms with Gasteiger partial charge >= 0.3 is 0 Å². The van der Waals surface area contributed by atoms with Crippen LogP contribution in [0.4, 0.5) is 5.82 Å². The number of quaternary nitrogens is 1. The number of pyridine rings is 1. The third-order valence-electron chi connectivity index (χ3n) is 9.73. The molecule has 0 aliphatic carbocycles. The molecule has 6 rings (SSSR count). The Kier molecular flexibility index (Phi) is 11.1. The molecular formula is C38H45N4O4S2+. The molecular weight excluding hydrogens is 641 g/mol. The summed E-state index contributed by atoms with van der Waals surface area (Å²) in [6.45, 7) is 4.73. The summed E-state index contributed by atoms with van der Waals surface area (Å²) < 4.78 is 5.14. The van der Waals surface area contributed by atoms with E-state index >= 15 is 0 Å². The molecule has 2 bridgehead atoms. The van der Waals surface area contributed by atoms with Gasteiger partial charge in [0.1, 0.15) is 29.1 Å². The van der Waals surface area contributed by atoms with Gasteiger partial charge in [0.05, 0.1) is 19.7 Å². The second-order valence-electron chi connectivity index (χ2n) is 13.0. The smallest absolute Gasteiger partial charge is 0.163 e. The standard InChI is InChI=1S/C38H44N4O4S2/c1-3-26-9-11-32(43)20-33(44)12-10-29-19-36(46-2)35(45)18-30(29)15-28-17-34-37(40-21-28)41-22-31(16-27-7-5-4-6-8-27)38(34,48-47-23-26)24-42-14-13-39-25-42/h4-8,10,12-14,17-19,21,26,31,39,45H,3,9,11,15-16,20,22-25H2,1-2H3,(H,40,41)/p+1/b12-10+/t26-,31-,38+/m1/s1. The van der Waals surface area contributed by atoms with Crippen molar-refractivity contribution in [3.63, 3.8) is 0 Å². The number of fused-ring (bicyclic) bond motifs is 2. The number of phenolic OH excluding ortho intramolecular Hbond substituents is 1. The number of rotatable bonds is 6. The molecule has 1 aromatic heterocycles. The van der Waals surface area contributed by atoms with Crippen molar-refractivity contribution in [3.05, 3.63) is 101 Å². The SMILES string of the molecule is CC[C@@H]1CCC(=O)CC(=O)/C=C/c2cc(OC)c(O)cc2Cc2cnc3c(c2)[C@@](C[NH+]2C=CNC2)(SSC1)[C@H](Cc1ccccc1)CN3. The predicted molar refractivity (Wildman–Crippen MR) is 195 cm³/mol. The van der Waals surface area contributed by atoms with Gasteiger partial charge in [-0.05, 0) is 71.7 Å². The van der Waals surface area contributed by atoms with E-state index in [-0.39, 0.29) is 34.4 Å². The quantitative estimate of drug-likeness (QED) is 0.197. The number of carbonyl (C=O) groups is 2. The maximum atomic E-state index is 12.9. The molecule has 48 heavy (non-hydrogen) atoms. The number of nitrogens with one attached hydrogen (secondary N) is 3. The van der Waals surface area contributed by atoms with Crippen molar-refractivity contribution in [1.82, 2.24) is 10.3 Å². The molecule has 0 amide bonds. The van der Waals surface area contributed by atoms with Crippen LogP contribution >= 0.6 is 21.6 Å². The van der Waals surface area contributed by atoms with Gasteiger partial charge in [-0.15, -0.1) is 0 Å². The number of hydrogen-bond acceptors (Lipinski definition) is 9. The monoisotopic (exact) mass is 685 g/mol. The highest BCUT2D eigenvalue weighted by Crippen LogP contribution is 2.54. The van der Waals surface area contributed by atoms with Gasteiger partial charge in [0.15, 0.2) is 24.0 Å². The van der Waals surface area contributed by atoms with Gasteiger partial charge in [-0.2, -0.15) is 0 Å². The molecule has 1 unspecified atom stereocenters. The van der Waals surface area contributed by atoms with Crippen molar-refractivity contribution in [2.24, 2.45) is 11.8 Å². The maximum absolute atomic E-state index is 12.9. The number of allylic oxidation sites excluding steroid dienone is 1. The Morgan fingerprint density at radius 3 is 2.75 bits per heavy atom. The minimum Gasteiger partial charge on any atom is -0.504 e. The molecule has 10 heteroatoms. The molecule has 3 aliphatic rings. The summed E-state index contributed by atoms with van der Waals surface area (Å²) in [6.07, 6.45) is 12.9. The van der Waals surface area contributed by atoms with Crippen LogP contribution in [0.25, 0.3) is 6.08 Å². The van der Waals surface area contributed by atoms with Crippen molar-refractivity contribution >= 4 is 45.0 Å². The van der Waals surface area contributed by atoms with E-state index in [2.05, 4.69) is 60.2 Å². The summed E-state index contributed by atoms with van der Waals surface area (Å²) in [4.78, 5) is 32.1. The number of methoxy groups -OCH3 is 1. The summed E-state index contributed by atoms with van der Waals surface area (Å²) in [7, 11) is 5.40. The van der Waals surface area contributed by atoms with Gasteiger partial charge in [-0.25, -0.2) is 4.98 Å². The number of aromatic hydroxyl groups is 1. The molecule has 4 N–H and O–H groups in total. The summed E-state index contributed by atoms with van der Waals surface area (Å²) in [5, 5.41) is 17.9. The zero-order valence-corrected chi connectivity index (χ0v) is 29.3. The van der Waals surface area contributed by atoms with Gasteiger partial charge in [0.2, 0.25) is 0 Å². The summed E-state index contributed by atoms with van der Waals surface area (Å²) in [5.41, 5.74) is 5.13. The molecule has 8 nitrogen and oxygen atoms in total. The summed E-state index contributed by atoms with van der Waals surface area (Å²) in [5.74, 6) is 2.62. The van der Waals surface area contributed by atoms with E-state index in [1.807, 2.05) is 34.0 Å². The zero-order chi connectivity index (χ0) is 33.5. The Morgan fingerprint density at radius 1 is 1.12 bits per heavy atom. The lowest BCUT2D eigenvalue weighted by Crippen LogP contribution is -3.09. The van der Waals surface area contributed by atoms with Gasteiger partial charge in [-0.3, -0.25) is 14.5 Å². The van der Waals surface area contributed by atoms with E-state index in [1.165, 1.54) is 29.2 Å². The Balaban J connectivity index is 1.47. The van der Waals surface area contributed by atoms with E-state index in [4.69, 9.17) is 9.72 Å². The number of Topliss-reactive ketones (excluding diaryl/α,β-unsaturated/α-hetero) is 1. The Hall–Kier alpha value is -3.73. The summed E-state index contributed by atoms with van der Waals surface area (Å²) >= 11 is 0. The van der Waals surface area contributed by atoms with Gasteiger partial charge < -0.3 is 20.5 Å². The topological polar surface area (TPSA) is 105 Å². The van der Waals surface area contributed by atoms with E-state index in [1.54, 1.807) is 18.2 Å². The second-order valence-corrected chi connectivity index (χ2v) is 15.7. The fourth-order valence-corrected chi connectivity index (χ4v) is 10.9. The van der Waals surface area contributed by atoms with Crippen LogP contribution in [0, 0.1) is 11.8 Å². The largest absolute Gasteiger partial charge is 0.504 e. The second kappa shape index (κ2) is 15.7. The molecule has 4 heterocycles. The molecule has 0 spiro atoms. The molecule has 2 aromatic carbocycles. The first-order chi connectivity index (χ1) is 23.4. The number of ether oxygens (including phenoxy) is 1. The van der Waals surface area contributed by atoms with E-state index in [0.717, 1.165) is 67.3 Å². The third-order valence-corrected chi connectivity index (χ3v) is 13.1. The minimum atomic E-state index is -0.271. The van der Waals surface area contributed by atoms with Crippen LogP contribution in [0.1, 0.15) is 60.4 Å². The molecule has 0 fully saturated rings. The highest BCUT2D eigenvalue weighted by atomic mass is 33.1. The van der Waals surface area contributed by atoms with Crippen LogP contribution in [0.5, 0.6) is 11.5 Å². The number of benzene rings is 2. The van der Waals surface area contributed by atoms with Crippen molar-refractivity contribution in [1.29, 1.82) is 0 Å². The molecule has 0 saturated heterocycles. The predicted octanol–water partition coefficient (Wildman–Crippen LogP) is 5.53. The Labute approximate surface area is 291 Å². The number of nitrogens with zero attached hydrogens (tertiary/aromatic N) is 1. The fourth-order valence-electron chi connectivity index (χ4n) is 6.92. The van der Waals surface area contributed by atoms with Gasteiger partial charge in [0.25, 0.3) is 0 Å². The Bertz CT molecular complexity index is 1680. The average Bonchev–Trinajstić information content (AvgIpc) is 3.60. The fraction of sp³-hybridized carbons (Fsp3) is 0.395. The van der Waals surface area contributed by atoms with Crippen molar-refractivity contribution in [2.45, 2.75) is 50.2 Å². The number of aromatic nitrogens is 1. The average molecular weight is 686 g/mol. The van der Waals surface area contributed by atoms with Gasteiger partial charge in [0, 0.05) is 36.4 Å². The number of ketones is 2. The molecule has 3 aliphatic heterocycles. The normalized spacial score (nSPS) is 25.2. The lowest BCUT2D eigenvalue weighted by Gasteiger charge is -2.44. The van der Waals surface area contributed by atoms with Crippen molar-refractivity contribution in [3.8, 4) is 11.5 Å². The first-order valence-corrected chi connectivity index (χ1v) is 19.1. The van der Waals surface area contributed by atoms with Crippen LogP contribution in [0.3, 0.4) is 0 Å². The van der Waals surface area contributed by atoms with Crippen LogP contribution < -0.4 is 20.3 Å². The number of hydrogen-bond donors (Lipinski definition) is 4. The van der Waals surface area contributed by atoms with Crippen LogP contribution in [0.2, 0.25) is 0 Å². The zero-order valence-electron chi connectivity index (χ0n) is 27.7. The number of anilines is 1.